The van der Waals surface area contributed by atoms with Crippen LogP contribution in [0.25, 0.3) is 0 Å². The largest absolute Gasteiger partial charge is 0.344 e. The van der Waals surface area contributed by atoms with Crippen LogP contribution in [0.3, 0.4) is 0 Å². The lowest BCUT2D eigenvalue weighted by molar-refractivity contribution is 0.835. The molecule has 0 spiro atoms. The molecule has 0 nitrogen and oxygen atoms in total. The molecule has 14 heteroatoms. The Hall–Kier alpha value is 3.77. The summed E-state index contributed by atoms with van der Waals surface area (Å²) in [6.45, 7) is -1.73. The zero-order valence-corrected chi connectivity index (χ0v) is 21.9. The van der Waals surface area contributed by atoms with Crippen LogP contribution in [0.15, 0.2) is 0 Å². The third kappa shape index (κ3) is 10.6. The molecule has 0 rings (SSSR count). The highest BCUT2D eigenvalue weighted by molar-refractivity contribution is 7.68. The molecular formula is C6H12Cl10Si4. The molecule has 0 amide bonds. The Morgan fingerprint density at radius 2 is 1.05 bits per heavy atom. The van der Waals surface area contributed by atoms with E-state index in [9.17, 15) is 0 Å². The highest BCUT2D eigenvalue weighted by Gasteiger charge is 2.54. The van der Waals surface area contributed by atoms with Crippen molar-refractivity contribution >= 4 is 136 Å². The van der Waals surface area contributed by atoms with Gasteiger partial charge in [0.2, 0.25) is 6.69 Å². The topological polar surface area (TPSA) is 0 Å². The molecule has 0 aromatic heterocycles. The van der Waals surface area contributed by atoms with E-state index in [2.05, 4.69) is 0 Å². The summed E-state index contributed by atoms with van der Waals surface area (Å²) in [5.74, 6) is 0. The Morgan fingerprint density at radius 3 is 1.25 bits per heavy atom. The van der Waals surface area contributed by atoms with Crippen LogP contribution in [0, 0.1) is 0 Å². The smallest absolute Gasteiger partial charge is 0.146 e. The highest BCUT2D eigenvalue weighted by atomic mass is 35.8. The Balaban J connectivity index is 5.54. The van der Waals surface area contributed by atoms with Crippen LogP contribution >= 0.6 is 111 Å². The lowest BCUT2D eigenvalue weighted by Gasteiger charge is -2.37. The van der Waals surface area contributed by atoms with Gasteiger partial charge in [0.25, 0.3) is 6.69 Å². The van der Waals surface area contributed by atoms with E-state index in [1.807, 2.05) is 0 Å². The molecule has 0 N–H and O–H groups in total. The summed E-state index contributed by atoms with van der Waals surface area (Å²) in [5, 5.41) is 0. The summed E-state index contributed by atoms with van der Waals surface area (Å²) in [6.07, 6.45) is 0. The van der Waals surface area contributed by atoms with E-state index in [1.165, 1.54) is 0 Å². The average Bonchev–Trinajstić information content (AvgIpc) is 2.04. The van der Waals surface area contributed by atoms with Gasteiger partial charge in [-0.25, -0.2) is 0 Å². The maximum Gasteiger partial charge on any atom is 0.344 e. The minimum atomic E-state index is -3.20. The molecule has 0 heterocycles. The van der Waals surface area contributed by atoms with Gasteiger partial charge in [0, 0.05) is 0 Å². The summed E-state index contributed by atoms with van der Waals surface area (Å²) in [4.78, 5) is 0. The molecule has 2 atom stereocenters. The molecule has 0 aromatic carbocycles. The van der Waals surface area contributed by atoms with Gasteiger partial charge in [-0.1, -0.05) is 0 Å². The number of rotatable bonds is 7. The van der Waals surface area contributed by atoms with Gasteiger partial charge in [-0.15, -0.1) is 111 Å². The van der Waals surface area contributed by atoms with Crippen LogP contribution in [0.2, 0.25) is 36.3 Å². The lowest BCUT2D eigenvalue weighted by Crippen LogP contribution is -2.39. The van der Waals surface area contributed by atoms with Crippen LogP contribution < -0.4 is 0 Å². The summed E-state index contributed by atoms with van der Waals surface area (Å²) >= 11 is 61.7. The quantitative estimate of drug-likeness (QED) is 0.222. The maximum atomic E-state index is 6.38. The average molecular weight is 551 g/mol. The Bertz CT molecular complexity index is 280. The molecule has 0 aromatic rings. The summed E-state index contributed by atoms with van der Waals surface area (Å²) in [6, 6.07) is -5.62. The molecule has 0 saturated heterocycles. The minimum Gasteiger partial charge on any atom is -0.146 e. The Kier molecular flexibility index (Phi) is 10.0. The van der Waals surface area contributed by atoms with Gasteiger partial charge >= 0.3 is 12.0 Å². The van der Waals surface area contributed by atoms with E-state index in [4.69, 9.17) is 111 Å². The zero-order valence-electron chi connectivity index (χ0n) is 10.3. The Labute approximate surface area is 170 Å². The van der Waals surface area contributed by atoms with E-state index in [-0.39, 0.29) is 11.6 Å². The molecule has 0 aliphatic carbocycles. The van der Waals surface area contributed by atoms with Gasteiger partial charge in [0.15, 0.2) is 0 Å². The van der Waals surface area contributed by atoms with Crippen molar-refractivity contribution in [1.29, 1.82) is 0 Å². The van der Waals surface area contributed by atoms with E-state index in [0.717, 1.165) is 0 Å². The van der Waals surface area contributed by atoms with E-state index in [0.29, 0.717) is 6.04 Å². The number of hydrogen-bond donors (Lipinski definition) is 0. The molecular weight excluding hydrogens is 539 g/mol. The van der Waals surface area contributed by atoms with Crippen molar-refractivity contribution in [2.45, 2.75) is 36.3 Å². The third-order valence-electron chi connectivity index (χ3n) is 2.59. The van der Waals surface area contributed by atoms with Crippen molar-refractivity contribution < 1.29 is 0 Å². The SMILES string of the molecule is C[Si](Cl)(Cl)CC(C(C[Si](Cl)(Cl)Cl)[Si](Cl)(Cl)Cl)[Si](C)(Cl)Cl. The maximum absolute atomic E-state index is 6.38. The normalized spacial score (nSPS) is 18.0. The van der Waals surface area contributed by atoms with Crippen LogP contribution in [0.1, 0.15) is 0 Å². The third-order valence-corrected chi connectivity index (χ3v) is 15.7. The zero-order chi connectivity index (χ0) is 16.6. The van der Waals surface area contributed by atoms with Crippen LogP contribution in [0.5, 0.6) is 0 Å². The summed E-state index contributed by atoms with van der Waals surface area (Å²) < 4.78 is 0. The Morgan fingerprint density at radius 1 is 0.650 bits per heavy atom. The van der Waals surface area contributed by atoms with Gasteiger partial charge in [-0.3, -0.25) is 0 Å². The molecule has 2 unspecified atom stereocenters. The first-order valence-corrected chi connectivity index (χ1v) is 25.0. The van der Waals surface area contributed by atoms with Gasteiger partial charge in [0.05, 0.1) is 0 Å². The molecule has 122 valence electrons. The first-order valence-electron chi connectivity index (χ1n) is 5.32. The van der Waals surface area contributed by atoms with Crippen molar-refractivity contribution in [2.75, 3.05) is 0 Å². The fraction of sp³-hybridized carbons (Fsp3) is 1.00. The first-order chi connectivity index (χ1) is 8.43. The summed E-state index contributed by atoms with van der Waals surface area (Å²) in [7, 11) is 0. The predicted molar refractivity (Wildman–Crippen MR) is 110 cm³/mol. The fourth-order valence-corrected chi connectivity index (χ4v) is 23.5. The van der Waals surface area contributed by atoms with E-state index < -0.39 is 30.9 Å². The minimum absolute atomic E-state index is 0.186. The first kappa shape index (κ1) is 23.8. The van der Waals surface area contributed by atoms with Crippen LogP contribution in [0.4, 0.5) is 0 Å². The molecule has 0 aliphatic heterocycles. The molecule has 0 fully saturated rings. The molecule has 0 saturated carbocycles. The highest BCUT2D eigenvalue weighted by Crippen LogP contribution is 2.57. The molecule has 20 heavy (non-hydrogen) atoms. The number of halogens is 10. The van der Waals surface area contributed by atoms with Crippen molar-refractivity contribution in [2.24, 2.45) is 0 Å². The molecule has 0 radical (unpaired) electrons. The standard InChI is InChI=1S/C6H12Cl10Si4/c1-17(7,8)3-5(18(2,9)10)6(20(14,15)16)4-19(11,12)13/h5-6H,3-4H2,1-2H3. The van der Waals surface area contributed by atoms with Gasteiger partial charge in [-0.05, 0) is 36.3 Å². The summed E-state index contributed by atoms with van der Waals surface area (Å²) in [5.41, 5.74) is -0.789. The van der Waals surface area contributed by atoms with E-state index >= 15 is 0 Å². The van der Waals surface area contributed by atoms with Crippen LogP contribution in [-0.2, 0) is 0 Å². The number of hydrogen-bond acceptors (Lipinski definition) is 0. The van der Waals surface area contributed by atoms with Gasteiger partial charge in [0.1, 0.15) is 0 Å². The van der Waals surface area contributed by atoms with Crippen LogP contribution in [-0.4, -0.2) is 25.4 Å². The van der Waals surface area contributed by atoms with Gasteiger partial charge < -0.3 is 0 Å². The predicted octanol–water partition coefficient (Wildman–Crippen LogP) is 8.14. The lowest BCUT2D eigenvalue weighted by atomic mass is 10.3. The second-order valence-corrected chi connectivity index (χ2v) is 39.0. The van der Waals surface area contributed by atoms with Crippen molar-refractivity contribution in [3.8, 4) is 0 Å². The van der Waals surface area contributed by atoms with Crippen molar-refractivity contribution in [3.63, 3.8) is 0 Å². The van der Waals surface area contributed by atoms with Gasteiger partial charge in [-0.2, -0.15) is 0 Å². The second-order valence-electron chi connectivity index (χ2n) is 4.80. The van der Waals surface area contributed by atoms with Crippen molar-refractivity contribution in [1.82, 2.24) is 0 Å². The second kappa shape index (κ2) is 8.43. The molecule has 0 bridgehead atoms. The molecule has 0 aliphatic rings. The fourth-order valence-electron chi connectivity index (χ4n) is 1.80. The monoisotopic (exact) mass is 546 g/mol. The van der Waals surface area contributed by atoms with Crippen molar-refractivity contribution in [3.05, 3.63) is 0 Å². The van der Waals surface area contributed by atoms with E-state index in [1.54, 1.807) is 13.1 Å².